The number of nitrogens with zero attached hydrogens (tertiary/aromatic N) is 1. The number of hydrogen-bond donors (Lipinski definition) is 0. The molecule has 2 unspecified atom stereocenters. The predicted octanol–water partition coefficient (Wildman–Crippen LogP) is 16.4. The van der Waals surface area contributed by atoms with Crippen LogP contribution in [0.5, 0.6) is 0 Å². The van der Waals surface area contributed by atoms with Crippen LogP contribution < -0.4 is 4.90 Å². The summed E-state index contributed by atoms with van der Waals surface area (Å²) in [4.78, 5) is 2.22. The van der Waals surface area contributed by atoms with Crippen molar-refractivity contribution in [3.63, 3.8) is 0 Å². The summed E-state index contributed by atoms with van der Waals surface area (Å²) in [6.45, 7) is 21.1. The number of furan rings is 1. The number of fused-ring (bicyclic) bond motifs is 4. The van der Waals surface area contributed by atoms with Crippen LogP contribution in [0, 0.1) is 5.92 Å². The number of allylic oxidation sites excluding steroid dienone is 9. The van der Waals surface area contributed by atoms with Crippen molar-refractivity contribution in [3.8, 4) is 22.3 Å². The Morgan fingerprint density at radius 1 is 0.567 bits per heavy atom. The van der Waals surface area contributed by atoms with Gasteiger partial charge in [0.25, 0.3) is 0 Å². The first kappa shape index (κ1) is 39.2. The number of para-hydroxylation sites is 1. The van der Waals surface area contributed by atoms with E-state index in [2.05, 4.69) is 177 Å². The summed E-state index contributed by atoms with van der Waals surface area (Å²) in [6, 6.07) is 55.3. The maximum Gasteiger partial charge on any atom is 0.136 e. The number of rotatable bonds is 15. The zero-order valence-corrected chi connectivity index (χ0v) is 33.8. The third kappa shape index (κ3) is 8.05. The van der Waals surface area contributed by atoms with Gasteiger partial charge in [-0.15, -0.1) is 13.2 Å². The molecule has 1 aromatic heterocycles. The topological polar surface area (TPSA) is 16.4 Å². The maximum atomic E-state index is 6.23. The Bertz CT molecular complexity index is 2970. The fourth-order valence-corrected chi connectivity index (χ4v) is 8.08. The van der Waals surface area contributed by atoms with Gasteiger partial charge in [-0.25, -0.2) is 0 Å². The van der Waals surface area contributed by atoms with E-state index in [4.69, 9.17) is 4.42 Å². The molecule has 2 heteroatoms. The van der Waals surface area contributed by atoms with Crippen molar-refractivity contribution in [2.75, 3.05) is 4.90 Å². The second kappa shape index (κ2) is 17.9. The first-order valence-corrected chi connectivity index (χ1v) is 20.2. The van der Waals surface area contributed by atoms with Crippen molar-refractivity contribution in [1.82, 2.24) is 0 Å². The molecule has 0 radical (unpaired) electrons. The van der Waals surface area contributed by atoms with E-state index in [0.717, 1.165) is 72.3 Å². The van der Waals surface area contributed by atoms with E-state index in [-0.39, 0.29) is 11.8 Å². The van der Waals surface area contributed by atoms with Crippen LogP contribution in [-0.2, 0) is 0 Å². The van der Waals surface area contributed by atoms with E-state index in [1.165, 1.54) is 16.3 Å². The van der Waals surface area contributed by atoms with Gasteiger partial charge < -0.3 is 9.32 Å². The van der Waals surface area contributed by atoms with Crippen LogP contribution >= 0.6 is 0 Å². The molecular formula is C58H47NO. The largest absolute Gasteiger partial charge is 0.456 e. The highest BCUT2D eigenvalue weighted by Gasteiger charge is 2.21. The molecule has 2 atom stereocenters. The number of anilines is 2. The van der Waals surface area contributed by atoms with Gasteiger partial charge in [0.1, 0.15) is 11.2 Å². The fraction of sp³-hybridized carbons (Fsp3) is 0.0345. The minimum absolute atomic E-state index is 0.0391. The van der Waals surface area contributed by atoms with Crippen molar-refractivity contribution >= 4 is 50.2 Å². The normalized spacial score (nSPS) is 12.7. The molecule has 7 aromatic carbocycles. The maximum absolute atomic E-state index is 6.23. The molecule has 0 fully saturated rings. The van der Waals surface area contributed by atoms with E-state index in [0.29, 0.717) is 0 Å². The fourth-order valence-electron chi connectivity index (χ4n) is 8.08. The summed E-state index contributed by atoms with van der Waals surface area (Å²) < 4.78 is 6.23. The van der Waals surface area contributed by atoms with Gasteiger partial charge in [-0.3, -0.25) is 0 Å². The monoisotopic (exact) mass is 773 g/mol. The lowest BCUT2D eigenvalue weighted by molar-refractivity contribution is 0.669. The Morgan fingerprint density at radius 3 is 2.05 bits per heavy atom. The average molecular weight is 774 g/mol. The smallest absolute Gasteiger partial charge is 0.136 e. The zero-order chi connectivity index (χ0) is 41.4. The Labute approximate surface area is 353 Å². The van der Waals surface area contributed by atoms with Crippen LogP contribution in [0.2, 0.25) is 0 Å². The van der Waals surface area contributed by atoms with E-state index < -0.39 is 0 Å². The average Bonchev–Trinajstić information content (AvgIpc) is 3.69. The van der Waals surface area contributed by atoms with Gasteiger partial charge in [-0.2, -0.15) is 0 Å². The van der Waals surface area contributed by atoms with E-state index in [1.54, 1.807) is 0 Å². The van der Waals surface area contributed by atoms with Crippen molar-refractivity contribution < 1.29 is 4.42 Å². The molecule has 60 heavy (non-hydrogen) atoms. The van der Waals surface area contributed by atoms with Crippen LogP contribution in [0.3, 0.4) is 0 Å². The number of hydrogen-bond acceptors (Lipinski definition) is 2. The van der Waals surface area contributed by atoms with Gasteiger partial charge >= 0.3 is 0 Å². The lowest BCUT2D eigenvalue weighted by atomic mass is 9.79. The Kier molecular flexibility index (Phi) is 11.7. The van der Waals surface area contributed by atoms with E-state index in [9.17, 15) is 0 Å². The van der Waals surface area contributed by atoms with Crippen LogP contribution in [0.25, 0.3) is 61.0 Å². The second-order valence-electron chi connectivity index (χ2n) is 14.8. The minimum Gasteiger partial charge on any atom is -0.456 e. The molecule has 290 valence electrons. The third-order valence-corrected chi connectivity index (χ3v) is 11.2. The first-order valence-electron chi connectivity index (χ1n) is 20.2. The summed E-state index contributed by atoms with van der Waals surface area (Å²) in [7, 11) is 0. The van der Waals surface area contributed by atoms with Gasteiger partial charge in [-0.05, 0) is 110 Å². The highest BCUT2D eigenvalue weighted by atomic mass is 16.3. The first-order chi connectivity index (χ1) is 29.5. The third-order valence-electron chi connectivity index (χ3n) is 11.2. The van der Waals surface area contributed by atoms with Crippen LogP contribution in [-0.4, -0.2) is 0 Å². The Hall–Kier alpha value is -7.68. The predicted molar refractivity (Wildman–Crippen MR) is 260 cm³/mol. The molecule has 0 aliphatic rings. The Balaban J connectivity index is 1.15. The Morgan fingerprint density at radius 2 is 1.28 bits per heavy atom. The molecule has 0 N–H and O–H groups in total. The standard InChI is InChI=1S/C58H47NO/c1-6-9-22-47-38-45-25-13-14-26-46(45)40-55(47)48-27-19-28-50(39-48)59(37-18-17-21-41(4)42(5)51(7-2)52(8-3)43-23-11-10-12-24-43)49-35-33-44(34-36-49)53-30-20-32-57-58(53)54-29-15-16-31-56(54)60-57/h6-40,51-52H,1-5H2/b21-17-,22-9-,37-18+. The lowest BCUT2D eigenvalue weighted by Crippen LogP contribution is -2.11. The van der Waals surface area contributed by atoms with Gasteiger partial charge in [0.05, 0.1) is 0 Å². The van der Waals surface area contributed by atoms with Gasteiger partial charge in [0, 0.05) is 40.2 Å². The summed E-state index contributed by atoms with van der Waals surface area (Å²) >= 11 is 0. The van der Waals surface area contributed by atoms with Gasteiger partial charge in [0.2, 0.25) is 0 Å². The van der Waals surface area contributed by atoms with E-state index in [1.807, 2.05) is 72.9 Å². The molecule has 0 bridgehead atoms. The van der Waals surface area contributed by atoms with Gasteiger partial charge in [0.15, 0.2) is 0 Å². The number of benzene rings is 7. The lowest BCUT2D eigenvalue weighted by Gasteiger charge is -2.24. The molecular weight excluding hydrogens is 727 g/mol. The van der Waals surface area contributed by atoms with Gasteiger partial charge in [-0.1, -0.05) is 171 Å². The molecule has 0 spiro atoms. The highest BCUT2D eigenvalue weighted by molar-refractivity contribution is 6.12. The molecule has 8 rings (SSSR count). The SMILES string of the molecule is C=C/C=C\c1cc2ccccc2cc1-c1cccc(N(/C=C/C=C\C(=C)C(=C)C(C=C)C(C=C)c2ccccc2)c2ccc(-c3cccc4oc5ccccc5c34)cc2)c1. The molecule has 8 aromatic rings. The molecule has 1 heterocycles. The summed E-state index contributed by atoms with van der Waals surface area (Å²) in [6.07, 6.45) is 18.0. The molecule has 2 nitrogen and oxygen atoms in total. The molecule has 0 amide bonds. The highest BCUT2D eigenvalue weighted by Crippen LogP contribution is 2.39. The summed E-state index contributed by atoms with van der Waals surface area (Å²) in [5.41, 5.74) is 12.3. The quantitative estimate of drug-likeness (QED) is 0.0762. The van der Waals surface area contributed by atoms with Crippen molar-refractivity contribution in [2.45, 2.75) is 5.92 Å². The molecule has 0 aliphatic carbocycles. The molecule has 0 saturated heterocycles. The van der Waals surface area contributed by atoms with Crippen molar-refractivity contribution in [2.24, 2.45) is 5.92 Å². The second-order valence-corrected chi connectivity index (χ2v) is 14.8. The summed E-state index contributed by atoms with van der Waals surface area (Å²) in [5.74, 6) is -0.00628. The zero-order valence-electron chi connectivity index (χ0n) is 33.8. The summed E-state index contributed by atoms with van der Waals surface area (Å²) in [5, 5.41) is 4.62. The van der Waals surface area contributed by atoms with Crippen LogP contribution in [0.15, 0.2) is 255 Å². The van der Waals surface area contributed by atoms with Crippen molar-refractivity contribution in [3.05, 3.63) is 262 Å². The minimum atomic E-state index is -0.0454. The van der Waals surface area contributed by atoms with E-state index >= 15 is 0 Å². The molecule has 0 saturated carbocycles. The van der Waals surface area contributed by atoms with Crippen molar-refractivity contribution in [1.29, 1.82) is 0 Å². The molecule has 0 aliphatic heterocycles. The van der Waals surface area contributed by atoms with Crippen LogP contribution in [0.4, 0.5) is 11.4 Å². The van der Waals surface area contributed by atoms with Crippen LogP contribution in [0.1, 0.15) is 17.0 Å².